The average Bonchev–Trinajstić information content (AvgIpc) is 3.17. The standard InChI is InChI=1S/C13H14ClN5O4/c1-7(22-9-2-3-19(6-9)13(20)21)10-17-11(23-18-10)8-4-15-12(14)16-5-8/h4-5,7,9H,2-3,6H2,1H3,(H,20,21)/t7-,9?/m1/s1. The van der Waals surface area contributed by atoms with Gasteiger partial charge in [0.2, 0.25) is 11.1 Å². The molecule has 1 fully saturated rings. The van der Waals surface area contributed by atoms with Crippen LogP contribution in [0.4, 0.5) is 4.79 Å². The SMILES string of the molecule is C[C@@H](OC1CCN(C(=O)O)C1)c1noc(-c2cnc(Cl)nc2)n1. The molecule has 0 spiro atoms. The zero-order chi connectivity index (χ0) is 16.4. The third-order valence-electron chi connectivity index (χ3n) is 3.48. The molecule has 2 aromatic rings. The van der Waals surface area contributed by atoms with Crippen LogP contribution < -0.4 is 0 Å². The number of hydrogen-bond donors (Lipinski definition) is 1. The fraction of sp³-hybridized carbons (Fsp3) is 0.462. The van der Waals surface area contributed by atoms with Gasteiger partial charge in [-0.15, -0.1) is 0 Å². The second kappa shape index (κ2) is 6.47. The fourth-order valence-corrected chi connectivity index (χ4v) is 2.40. The third kappa shape index (κ3) is 3.57. The number of ether oxygens (including phenoxy) is 1. The first-order chi connectivity index (χ1) is 11.0. The Balaban J connectivity index is 1.63. The van der Waals surface area contributed by atoms with E-state index in [1.165, 1.54) is 17.3 Å². The molecule has 1 N–H and O–H groups in total. The second-order valence-corrected chi connectivity index (χ2v) is 5.45. The molecule has 3 heterocycles. The van der Waals surface area contributed by atoms with Crippen molar-refractivity contribution in [1.82, 2.24) is 25.0 Å². The minimum absolute atomic E-state index is 0.134. The lowest BCUT2D eigenvalue weighted by Gasteiger charge is -2.16. The Kier molecular flexibility index (Phi) is 4.39. The van der Waals surface area contributed by atoms with Crippen LogP contribution in [0.15, 0.2) is 16.9 Å². The molecule has 9 nitrogen and oxygen atoms in total. The maximum Gasteiger partial charge on any atom is 0.407 e. The number of carboxylic acid groups (broad SMARTS) is 1. The highest BCUT2D eigenvalue weighted by atomic mass is 35.5. The molecule has 2 atom stereocenters. The van der Waals surface area contributed by atoms with Gasteiger partial charge in [0.1, 0.15) is 6.10 Å². The number of aromatic nitrogens is 4. The van der Waals surface area contributed by atoms with Gasteiger partial charge < -0.3 is 19.3 Å². The van der Waals surface area contributed by atoms with Crippen molar-refractivity contribution in [1.29, 1.82) is 0 Å². The quantitative estimate of drug-likeness (QED) is 0.841. The van der Waals surface area contributed by atoms with E-state index in [0.29, 0.717) is 30.9 Å². The van der Waals surface area contributed by atoms with Gasteiger partial charge in [-0.3, -0.25) is 0 Å². The number of carbonyl (C=O) groups is 1. The second-order valence-electron chi connectivity index (χ2n) is 5.12. The first-order valence-electron chi connectivity index (χ1n) is 6.98. The summed E-state index contributed by atoms with van der Waals surface area (Å²) in [6.45, 7) is 2.60. The maximum atomic E-state index is 10.9. The van der Waals surface area contributed by atoms with Crippen LogP contribution >= 0.6 is 11.6 Å². The van der Waals surface area contributed by atoms with E-state index >= 15 is 0 Å². The van der Waals surface area contributed by atoms with Crippen LogP contribution in [0.5, 0.6) is 0 Å². The monoisotopic (exact) mass is 339 g/mol. The van der Waals surface area contributed by atoms with Gasteiger partial charge in [0.15, 0.2) is 0 Å². The molecular weight excluding hydrogens is 326 g/mol. The fourth-order valence-electron chi connectivity index (χ4n) is 2.30. The van der Waals surface area contributed by atoms with Crippen LogP contribution in [-0.2, 0) is 4.74 Å². The van der Waals surface area contributed by atoms with E-state index in [9.17, 15) is 4.79 Å². The first kappa shape index (κ1) is 15.6. The van der Waals surface area contributed by atoms with Crippen molar-refractivity contribution in [2.24, 2.45) is 0 Å². The topological polar surface area (TPSA) is 114 Å². The summed E-state index contributed by atoms with van der Waals surface area (Å²) >= 11 is 5.63. The molecule has 1 unspecified atom stereocenters. The predicted octanol–water partition coefficient (Wildman–Crippen LogP) is 2.01. The Labute approximate surface area is 136 Å². The van der Waals surface area contributed by atoms with Crippen molar-refractivity contribution in [3.63, 3.8) is 0 Å². The van der Waals surface area contributed by atoms with Gasteiger partial charge >= 0.3 is 6.09 Å². The van der Waals surface area contributed by atoms with Gasteiger partial charge in [-0.25, -0.2) is 14.8 Å². The maximum absolute atomic E-state index is 10.9. The summed E-state index contributed by atoms with van der Waals surface area (Å²) in [6.07, 6.45) is 2.08. The van der Waals surface area contributed by atoms with Gasteiger partial charge in [-0.05, 0) is 24.9 Å². The van der Waals surface area contributed by atoms with Crippen LogP contribution in [0, 0.1) is 0 Å². The molecule has 3 rings (SSSR count). The molecule has 0 bridgehead atoms. The summed E-state index contributed by atoms with van der Waals surface area (Å²) in [6, 6.07) is 0. The van der Waals surface area contributed by atoms with Crippen LogP contribution in [-0.4, -0.2) is 55.4 Å². The van der Waals surface area contributed by atoms with Crippen molar-refractivity contribution in [3.05, 3.63) is 23.5 Å². The number of halogens is 1. The summed E-state index contributed by atoms with van der Waals surface area (Å²) in [5.41, 5.74) is 0.554. The van der Waals surface area contributed by atoms with E-state index in [1.54, 1.807) is 6.92 Å². The summed E-state index contributed by atoms with van der Waals surface area (Å²) < 4.78 is 11.0. The molecule has 23 heavy (non-hydrogen) atoms. The van der Waals surface area contributed by atoms with Crippen LogP contribution in [0.25, 0.3) is 11.5 Å². The Morgan fingerprint density at radius 1 is 1.52 bits per heavy atom. The number of amides is 1. The van der Waals surface area contributed by atoms with Crippen molar-refractivity contribution in [2.45, 2.75) is 25.6 Å². The van der Waals surface area contributed by atoms with Gasteiger partial charge in [-0.1, -0.05) is 5.16 Å². The van der Waals surface area contributed by atoms with Gasteiger partial charge in [-0.2, -0.15) is 4.98 Å². The molecule has 122 valence electrons. The third-order valence-corrected chi connectivity index (χ3v) is 3.68. The Bertz CT molecular complexity index is 692. The molecule has 0 aromatic carbocycles. The highest BCUT2D eigenvalue weighted by Gasteiger charge is 2.29. The lowest BCUT2D eigenvalue weighted by molar-refractivity contribution is -0.00232. The molecule has 1 saturated heterocycles. The van der Waals surface area contributed by atoms with E-state index < -0.39 is 12.2 Å². The molecule has 0 saturated carbocycles. The predicted molar refractivity (Wildman–Crippen MR) is 77.8 cm³/mol. The largest absolute Gasteiger partial charge is 0.465 e. The molecule has 1 aliphatic rings. The lowest BCUT2D eigenvalue weighted by Crippen LogP contribution is -2.28. The Morgan fingerprint density at radius 2 is 2.26 bits per heavy atom. The highest BCUT2D eigenvalue weighted by Crippen LogP contribution is 2.23. The minimum Gasteiger partial charge on any atom is -0.465 e. The molecule has 2 aromatic heterocycles. The summed E-state index contributed by atoms with van der Waals surface area (Å²) in [4.78, 5) is 24.2. The van der Waals surface area contributed by atoms with E-state index in [2.05, 4.69) is 20.1 Å². The smallest absolute Gasteiger partial charge is 0.407 e. The Hall–Kier alpha value is -2.26. The summed E-state index contributed by atoms with van der Waals surface area (Å²) in [5, 5.41) is 13.0. The number of rotatable bonds is 4. The van der Waals surface area contributed by atoms with Crippen molar-refractivity contribution in [2.75, 3.05) is 13.1 Å². The van der Waals surface area contributed by atoms with Gasteiger partial charge in [0.25, 0.3) is 5.89 Å². The molecule has 10 heteroatoms. The van der Waals surface area contributed by atoms with E-state index in [0.717, 1.165) is 0 Å². The first-order valence-corrected chi connectivity index (χ1v) is 7.35. The van der Waals surface area contributed by atoms with Crippen LogP contribution in [0.2, 0.25) is 5.28 Å². The van der Waals surface area contributed by atoms with Gasteiger partial charge in [0.05, 0.1) is 18.2 Å². The van der Waals surface area contributed by atoms with E-state index in [-0.39, 0.29) is 17.3 Å². The molecule has 0 radical (unpaired) electrons. The van der Waals surface area contributed by atoms with Crippen molar-refractivity contribution < 1.29 is 19.2 Å². The highest BCUT2D eigenvalue weighted by molar-refractivity contribution is 6.28. The van der Waals surface area contributed by atoms with Crippen molar-refractivity contribution >= 4 is 17.7 Å². The van der Waals surface area contributed by atoms with Crippen molar-refractivity contribution in [3.8, 4) is 11.5 Å². The number of hydrogen-bond acceptors (Lipinski definition) is 7. The van der Waals surface area contributed by atoms with Gasteiger partial charge in [0, 0.05) is 18.9 Å². The molecule has 0 aliphatic carbocycles. The Morgan fingerprint density at radius 3 is 2.91 bits per heavy atom. The molecular formula is C13H14ClN5O4. The normalized spacial score (nSPS) is 19.0. The average molecular weight is 340 g/mol. The zero-order valence-electron chi connectivity index (χ0n) is 12.2. The van der Waals surface area contributed by atoms with Crippen LogP contribution in [0.3, 0.4) is 0 Å². The van der Waals surface area contributed by atoms with E-state index in [4.69, 9.17) is 26.0 Å². The van der Waals surface area contributed by atoms with Crippen LogP contribution in [0.1, 0.15) is 25.3 Å². The minimum atomic E-state index is -0.937. The summed E-state index contributed by atoms with van der Waals surface area (Å²) in [7, 11) is 0. The zero-order valence-corrected chi connectivity index (χ0v) is 13.0. The van der Waals surface area contributed by atoms with E-state index in [1.807, 2.05) is 0 Å². The number of likely N-dealkylation sites (tertiary alicyclic amines) is 1. The summed E-state index contributed by atoms with van der Waals surface area (Å²) in [5.74, 6) is 0.648. The molecule has 1 amide bonds. The number of nitrogens with zero attached hydrogens (tertiary/aromatic N) is 5. The molecule has 1 aliphatic heterocycles. The lowest BCUT2D eigenvalue weighted by atomic mass is 10.3.